The molecule has 0 unspecified atom stereocenters. The molecule has 2 rings (SSSR count). The first-order chi connectivity index (χ1) is 10.2. The summed E-state index contributed by atoms with van der Waals surface area (Å²) < 4.78 is 10.4. The van der Waals surface area contributed by atoms with Crippen molar-refractivity contribution in [1.82, 2.24) is 5.43 Å². The van der Waals surface area contributed by atoms with E-state index in [2.05, 4.69) is 10.5 Å². The molecule has 110 valence electrons. The van der Waals surface area contributed by atoms with Gasteiger partial charge in [0.2, 0.25) is 5.91 Å². The maximum atomic E-state index is 11.7. The minimum Gasteiger partial charge on any atom is -0.497 e. The number of hydrazone groups is 1. The van der Waals surface area contributed by atoms with Gasteiger partial charge in [-0.15, -0.1) is 11.3 Å². The Bertz CT molecular complexity index is 624. The number of amides is 1. The van der Waals surface area contributed by atoms with Gasteiger partial charge in [0.15, 0.2) is 0 Å². The second-order valence-electron chi connectivity index (χ2n) is 4.16. The highest BCUT2D eigenvalue weighted by molar-refractivity contribution is 7.10. The van der Waals surface area contributed by atoms with Gasteiger partial charge in [-0.05, 0) is 29.6 Å². The molecule has 0 bridgehead atoms. The summed E-state index contributed by atoms with van der Waals surface area (Å²) in [7, 11) is 3.17. The first kappa shape index (κ1) is 15.1. The van der Waals surface area contributed by atoms with Crippen LogP contribution in [0.25, 0.3) is 0 Å². The van der Waals surface area contributed by atoms with E-state index in [1.807, 2.05) is 17.5 Å². The Kier molecular flexibility index (Phi) is 5.34. The highest BCUT2D eigenvalue weighted by Crippen LogP contribution is 2.22. The van der Waals surface area contributed by atoms with Crippen molar-refractivity contribution in [2.45, 2.75) is 6.42 Å². The molecule has 1 aromatic carbocycles. The van der Waals surface area contributed by atoms with Gasteiger partial charge in [0.25, 0.3) is 0 Å². The predicted molar refractivity (Wildman–Crippen MR) is 83.3 cm³/mol. The Labute approximate surface area is 127 Å². The molecule has 2 aromatic rings. The van der Waals surface area contributed by atoms with Gasteiger partial charge >= 0.3 is 0 Å². The number of carbonyl (C=O) groups is 1. The third-order valence-electron chi connectivity index (χ3n) is 2.74. The second-order valence-corrected chi connectivity index (χ2v) is 5.19. The minimum atomic E-state index is -0.157. The molecule has 1 N–H and O–H groups in total. The van der Waals surface area contributed by atoms with Crippen LogP contribution in [0.2, 0.25) is 0 Å². The van der Waals surface area contributed by atoms with Gasteiger partial charge in [-0.3, -0.25) is 4.79 Å². The number of carbonyl (C=O) groups excluding carboxylic acids is 1. The van der Waals surface area contributed by atoms with Gasteiger partial charge in [0, 0.05) is 10.4 Å². The highest BCUT2D eigenvalue weighted by atomic mass is 32.1. The summed E-state index contributed by atoms with van der Waals surface area (Å²) >= 11 is 1.54. The Hall–Kier alpha value is -2.34. The van der Waals surface area contributed by atoms with Crippen LogP contribution in [0.15, 0.2) is 40.8 Å². The summed E-state index contributed by atoms with van der Waals surface area (Å²) in [5, 5.41) is 5.89. The molecule has 0 radical (unpaired) electrons. The first-order valence-electron chi connectivity index (χ1n) is 6.29. The molecule has 0 aliphatic heterocycles. The van der Waals surface area contributed by atoms with E-state index in [0.717, 1.165) is 10.4 Å². The van der Waals surface area contributed by atoms with Crippen molar-refractivity contribution in [2.75, 3.05) is 14.2 Å². The van der Waals surface area contributed by atoms with Crippen LogP contribution in [0.4, 0.5) is 0 Å². The van der Waals surface area contributed by atoms with Crippen molar-refractivity contribution in [3.63, 3.8) is 0 Å². The van der Waals surface area contributed by atoms with Crippen molar-refractivity contribution in [3.05, 3.63) is 46.2 Å². The lowest BCUT2D eigenvalue weighted by Crippen LogP contribution is -2.19. The number of thiophene rings is 1. The van der Waals surface area contributed by atoms with Crippen molar-refractivity contribution < 1.29 is 14.3 Å². The van der Waals surface area contributed by atoms with E-state index in [-0.39, 0.29) is 5.91 Å². The minimum absolute atomic E-state index is 0.157. The van der Waals surface area contributed by atoms with Crippen LogP contribution in [0, 0.1) is 0 Å². The zero-order valence-corrected chi connectivity index (χ0v) is 12.6. The maximum Gasteiger partial charge on any atom is 0.245 e. The smallest absolute Gasteiger partial charge is 0.245 e. The van der Waals surface area contributed by atoms with Crippen molar-refractivity contribution in [3.8, 4) is 11.5 Å². The number of ether oxygens (including phenoxy) is 2. The van der Waals surface area contributed by atoms with E-state index >= 15 is 0 Å². The fourth-order valence-electron chi connectivity index (χ4n) is 1.73. The fourth-order valence-corrected chi connectivity index (χ4v) is 2.43. The van der Waals surface area contributed by atoms with E-state index in [9.17, 15) is 4.79 Å². The number of hydrogen-bond acceptors (Lipinski definition) is 5. The Balaban J connectivity index is 1.98. The van der Waals surface area contributed by atoms with Crippen LogP contribution in [0.5, 0.6) is 11.5 Å². The summed E-state index contributed by atoms with van der Waals surface area (Å²) in [6, 6.07) is 9.20. The third kappa shape index (κ3) is 4.32. The molecule has 0 atom stereocenters. The van der Waals surface area contributed by atoms with Crippen LogP contribution < -0.4 is 14.9 Å². The van der Waals surface area contributed by atoms with Crippen molar-refractivity contribution in [2.24, 2.45) is 5.10 Å². The molecule has 21 heavy (non-hydrogen) atoms. The third-order valence-corrected chi connectivity index (χ3v) is 3.62. The van der Waals surface area contributed by atoms with Crippen LogP contribution in [-0.4, -0.2) is 26.3 Å². The van der Waals surface area contributed by atoms with Crippen LogP contribution in [0.1, 0.15) is 10.4 Å². The van der Waals surface area contributed by atoms with Gasteiger partial charge in [-0.1, -0.05) is 6.07 Å². The molecule has 1 amide bonds. The average molecular weight is 304 g/mol. The second kappa shape index (κ2) is 7.44. The summed E-state index contributed by atoms with van der Waals surface area (Å²) in [6.07, 6.45) is 1.86. The number of nitrogens with zero attached hydrogens (tertiary/aromatic N) is 1. The van der Waals surface area contributed by atoms with E-state index in [4.69, 9.17) is 9.47 Å². The molecule has 0 aliphatic rings. The molecule has 0 spiro atoms. The molecule has 1 aromatic heterocycles. The summed E-state index contributed by atoms with van der Waals surface area (Å²) in [5.41, 5.74) is 3.23. The van der Waals surface area contributed by atoms with Crippen molar-refractivity contribution >= 4 is 23.5 Å². The quantitative estimate of drug-likeness (QED) is 0.659. The topological polar surface area (TPSA) is 59.9 Å². The number of rotatable bonds is 6. The van der Waals surface area contributed by atoms with E-state index in [1.165, 1.54) is 6.21 Å². The van der Waals surface area contributed by atoms with Crippen LogP contribution in [-0.2, 0) is 11.2 Å². The molecule has 0 saturated heterocycles. The Morgan fingerprint density at radius 1 is 1.33 bits per heavy atom. The normalized spacial score (nSPS) is 10.6. The van der Waals surface area contributed by atoms with Gasteiger partial charge < -0.3 is 9.47 Å². The standard InChI is InChI=1S/C15H16N2O3S/c1-19-12-5-6-14(20-2)11(8-12)10-16-17-15(18)9-13-4-3-7-21-13/h3-8,10H,9H2,1-2H3,(H,17,18)/b16-10-. The SMILES string of the molecule is COc1ccc(OC)c(/C=N\NC(=O)Cc2cccs2)c1. The molecular formula is C15H16N2O3S. The molecule has 0 saturated carbocycles. The Morgan fingerprint density at radius 3 is 2.86 bits per heavy atom. The maximum absolute atomic E-state index is 11.7. The van der Waals surface area contributed by atoms with Gasteiger partial charge in [-0.25, -0.2) is 5.43 Å². The van der Waals surface area contributed by atoms with Crippen LogP contribution in [0.3, 0.4) is 0 Å². The Morgan fingerprint density at radius 2 is 2.19 bits per heavy atom. The lowest BCUT2D eigenvalue weighted by molar-refractivity contribution is -0.120. The highest BCUT2D eigenvalue weighted by Gasteiger charge is 2.04. The lowest BCUT2D eigenvalue weighted by atomic mass is 10.2. The number of nitrogens with one attached hydrogen (secondary N) is 1. The van der Waals surface area contributed by atoms with Gasteiger partial charge in [0.05, 0.1) is 26.9 Å². The molecule has 0 fully saturated rings. The monoisotopic (exact) mass is 304 g/mol. The van der Waals surface area contributed by atoms with E-state index in [1.54, 1.807) is 43.8 Å². The van der Waals surface area contributed by atoms with Gasteiger partial charge in [0.1, 0.15) is 11.5 Å². The first-order valence-corrected chi connectivity index (χ1v) is 7.17. The van der Waals surface area contributed by atoms with Gasteiger partial charge in [-0.2, -0.15) is 5.10 Å². The molecule has 1 heterocycles. The zero-order valence-electron chi connectivity index (χ0n) is 11.8. The summed E-state index contributed by atoms with van der Waals surface area (Å²) in [5.74, 6) is 1.20. The predicted octanol–water partition coefficient (Wildman–Crippen LogP) is 2.46. The molecule has 6 heteroatoms. The number of hydrogen-bond donors (Lipinski definition) is 1. The number of methoxy groups -OCH3 is 2. The average Bonchev–Trinajstić information content (AvgIpc) is 3.00. The van der Waals surface area contributed by atoms with Crippen LogP contribution >= 0.6 is 11.3 Å². The molecule has 5 nitrogen and oxygen atoms in total. The largest absolute Gasteiger partial charge is 0.497 e. The summed E-state index contributed by atoms with van der Waals surface area (Å²) in [4.78, 5) is 12.7. The summed E-state index contributed by atoms with van der Waals surface area (Å²) in [6.45, 7) is 0. The molecular weight excluding hydrogens is 288 g/mol. The van der Waals surface area contributed by atoms with E-state index in [0.29, 0.717) is 17.9 Å². The lowest BCUT2D eigenvalue weighted by Gasteiger charge is -2.06. The zero-order chi connectivity index (χ0) is 15.1. The fraction of sp³-hybridized carbons (Fsp3) is 0.200. The van der Waals surface area contributed by atoms with E-state index < -0.39 is 0 Å². The molecule has 0 aliphatic carbocycles. The number of benzene rings is 1. The van der Waals surface area contributed by atoms with Crippen molar-refractivity contribution in [1.29, 1.82) is 0 Å².